The van der Waals surface area contributed by atoms with Gasteiger partial charge in [0.15, 0.2) is 0 Å². The first-order valence-corrected chi connectivity index (χ1v) is 6.15. The van der Waals surface area contributed by atoms with Crippen molar-refractivity contribution in [2.24, 2.45) is 0 Å². The van der Waals surface area contributed by atoms with E-state index >= 15 is 0 Å². The van der Waals surface area contributed by atoms with Gasteiger partial charge in [-0.1, -0.05) is 30.7 Å². The van der Waals surface area contributed by atoms with E-state index in [2.05, 4.69) is 24.0 Å². The van der Waals surface area contributed by atoms with Crippen LogP contribution in [0.2, 0.25) is 5.02 Å². The number of benzene rings is 1. The molecule has 0 saturated carbocycles. The zero-order valence-electron chi connectivity index (χ0n) is 8.53. The second-order valence-electron chi connectivity index (χ2n) is 3.38. The molecule has 0 saturated heterocycles. The van der Waals surface area contributed by atoms with Crippen LogP contribution in [0, 0.1) is 0 Å². The fourth-order valence-corrected chi connectivity index (χ4v) is 2.39. The molecule has 2 aromatic rings. The number of hydrogen-bond acceptors (Lipinski definition) is 2. The highest BCUT2D eigenvalue weighted by atomic mass is 35.5. The quantitative estimate of drug-likeness (QED) is 0.788. The SMILES string of the molecule is CCc1cnc(Cc2ccc(Cl)cc2)s1. The predicted molar refractivity (Wildman–Crippen MR) is 65.8 cm³/mol. The Bertz CT molecular complexity index is 433. The van der Waals surface area contributed by atoms with Gasteiger partial charge in [0.25, 0.3) is 0 Å². The summed E-state index contributed by atoms with van der Waals surface area (Å²) >= 11 is 7.62. The van der Waals surface area contributed by atoms with Gasteiger partial charge >= 0.3 is 0 Å². The molecule has 0 atom stereocenters. The van der Waals surface area contributed by atoms with Crippen molar-refractivity contribution in [3.63, 3.8) is 0 Å². The fourth-order valence-electron chi connectivity index (χ4n) is 1.37. The smallest absolute Gasteiger partial charge is 0.0971 e. The van der Waals surface area contributed by atoms with Gasteiger partial charge < -0.3 is 0 Å². The van der Waals surface area contributed by atoms with Crippen LogP contribution in [-0.2, 0) is 12.8 Å². The summed E-state index contributed by atoms with van der Waals surface area (Å²) in [6.45, 7) is 2.15. The van der Waals surface area contributed by atoms with Crippen LogP contribution >= 0.6 is 22.9 Å². The van der Waals surface area contributed by atoms with Gasteiger partial charge in [0.2, 0.25) is 0 Å². The van der Waals surface area contributed by atoms with Crippen molar-refractivity contribution in [3.05, 3.63) is 50.9 Å². The first kappa shape index (κ1) is 10.7. The van der Waals surface area contributed by atoms with Crippen LogP contribution in [0.15, 0.2) is 30.5 Å². The molecule has 0 fully saturated rings. The van der Waals surface area contributed by atoms with Crippen LogP contribution in [0.1, 0.15) is 22.4 Å². The third-order valence-corrected chi connectivity index (χ3v) is 3.61. The summed E-state index contributed by atoms with van der Waals surface area (Å²) in [6.07, 6.45) is 3.94. The number of halogens is 1. The van der Waals surface area contributed by atoms with Gasteiger partial charge in [-0.3, -0.25) is 0 Å². The standard InChI is InChI=1S/C12H12ClNS/c1-2-11-8-14-12(15-11)7-9-3-5-10(13)6-4-9/h3-6,8H,2,7H2,1H3. The minimum Gasteiger partial charge on any atom is -0.249 e. The predicted octanol–water partition coefficient (Wildman–Crippen LogP) is 3.95. The summed E-state index contributed by atoms with van der Waals surface area (Å²) in [6, 6.07) is 7.95. The molecule has 1 aromatic heterocycles. The van der Waals surface area contributed by atoms with E-state index in [-0.39, 0.29) is 0 Å². The van der Waals surface area contributed by atoms with E-state index in [0.29, 0.717) is 0 Å². The Kier molecular flexibility index (Phi) is 3.39. The molecular weight excluding hydrogens is 226 g/mol. The van der Waals surface area contributed by atoms with Crippen molar-refractivity contribution in [1.29, 1.82) is 0 Å². The maximum atomic E-state index is 5.83. The molecule has 1 nitrogen and oxygen atoms in total. The highest BCUT2D eigenvalue weighted by molar-refractivity contribution is 7.11. The Hall–Kier alpha value is -0.860. The number of aryl methyl sites for hydroxylation is 1. The van der Waals surface area contributed by atoms with E-state index in [4.69, 9.17) is 11.6 Å². The molecular formula is C12H12ClNS. The van der Waals surface area contributed by atoms with Gasteiger partial charge in [-0.15, -0.1) is 11.3 Å². The second kappa shape index (κ2) is 4.77. The number of hydrogen-bond donors (Lipinski definition) is 0. The summed E-state index contributed by atoms with van der Waals surface area (Å²) in [4.78, 5) is 5.74. The van der Waals surface area contributed by atoms with E-state index < -0.39 is 0 Å². The van der Waals surface area contributed by atoms with E-state index in [9.17, 15) is 0 Å². The van der Waals surface area contributed by atoms with Gasteiger partial charge in [0.05, 0.1) is 5.01 Å². The Balaban J connectivity index is 2.11. The van der Waals surface area contributed by atoms with Gasteiger partial charge in [0, 0.05) is 22.5 Å². The molecule has 0 amide bonds. The molecule has 0 radical (unpaired) electrons. The van der Waals surface area contributed by atoms with Crippen LogP contribution in [-0.4, -0.2) is 4.98 Å². The fraction of sp³-hybridized carbons (Fsp3) is 0.250. The minimum absolute atomic E-state index is 0.784. The average molecular weight is 238 g/mol. The number of rotatable bonds is 3. The van der Waals surface area contributed by atoms with Crippen molar-refractivity contribution in [3.8, 4) is 0 Å². The maximum absolute atomic E-state index is 5.83. The molecule has 0 bridgehead atoms. The van der Waals surface area contributed by atoms with Crippen LogP contribution < -0.4 is 0 Å². The van der Waals surface area contributed by atoms with Crippen molar-refractivity contribution >= 4 is 22.9 Å². The summed E-state index contributed by atoms with van der Waals surface area (Å²) in [5, 5.41) is 1.96. The third-order valence-electron chi connectivity index (χ3n) is 2.22. The molecule has 0 unspecified atom stereocenters. The molecule has 1 aromatic carbocycles. The summed E-state index contributed by atoms with van der Waals surface area (Å²) < 4.78 is 0. The second-order valence-corrected chi connectivity index (χ2v) is 5.01. The molecule has 78 valence electrons. The Morgan fingerprint density at radius 3 is 2.60 bits per heavy atom. The summed E-state index contributed by atoms with van der Waals surface area (Å²) in [7, 11) is 0. The minimum atomic E-state index is 0.784. The van der Waals surface area contributed by atoms with E-state index in [1.807, 2.05) is 18.3 Å². The van der Waals surface area contributed by atoms with Crippen molar-refractivity contribution in [2.45, 2.75) is 19.8 Å². The van der Waals surface area contributed by atoms with E-state index in [1.54, 1.807) is 11.3 Å². The van der Waals surface area contributed by atoms with Crippen molar-refractivity contribution in [2.75, 3.05) is 0 Å². The Morgan fingerprint density at radius 2 is 2.00 bits per heavy atom. The molecule has 0 spiro atoms. The first-order chi connectivity index (χ1) is 7.28. The molecule has 3 heteroatoms. The van der Waals surface area contributed by atoms with Gasteiger partial charge in [-0.05, 0) is 24.1 Å². The lowest BCUT2D eigenvalue weighted by Gasteiger charge is -1.97. The third kappa shape index (κ3) is 2.80. The van der Waals surface area contributed by atoms with Crippen LogP contribution in [0.4, 0.5) is 0 Å². The normalized spacial score (nSPS) is 10.5. The number of thiazole rings is 1. The molecule has 0 aliphatic rings. The largest absolute Gasteiger partial charge is 0.249 e. The van der Waals surface area contributed by atoms with Crippen LogP contribution in [0.3, 0.4) is 0 Å². The molecule has 0 aliphatic carbocycles. The molecule has 15 heavy (non-hydrogen) atoms. The summed E-state index contributed by atoms with van der Waals surface area (Å²) in [5.74, 6) is 0. The van der Waals surface area contributed by atoms with Crippen molar-refractivity contribution in [1.82, 2.24) is 4.98 Å². The number of nitrogens with zero attached hydrogens (tertiary/aromatic N) is 1. The zero-order valence-corrected chi connectivity index (χ0v) is 10.1. The molecule has 2 rings (SSSR count). The lowest BCUT2D eigenvalue weighted by atomic mass is 10.2. The Labute approximate surface area is 98.7 Å². The van der Waals surface area contributed by atoms with Crippen LogP contribution in [0.25, 0.3) is 0 Å². The molecule has 1 heterocycles. The average Bonchev–Trinajstić information content (AvgIpc) is 2.69. The van der Waals surface area contributed by atoms with Crippen LogP contribution in [0.5, 0.6) is 0 Å². The lowest BCUT2D eigenvalue weighted by molar-refractivity contribution is 1.12. The Morgan fingerprint density at radius 1 is 1.27 bits per heavy atom. The summed E-state index contributed by atoms with van der Waals surface area (Å²) in [5.41, 5.74) is 1.26. The van der Waals surface area contributed by atoms with Gasteiger partial charge in [-0.2, -0.15) is 0 Å². The maximum Gasteiger partial charge on any atom is 0.0971 e. The zero-order chi connectivity index (χ0) is 10.7. The highest BCUT2D eigenvalue weighted by Gasteiger charge is 2.01. The van der Waals surface area contributed by atoms with Gasteiger partial charge in [-0.25, -0.2) is 4.98 Å². The highest BCUT2D eigenvalue weighted by Crippen LogP contribution is 2.18. The molecule has 0 N–H and O–H groups in total. The lowest BCUT2D eigenvalue weighted by Crippen LogP contribution is -1.85. The number of aromatic nitrogens is 1. The monoisotopic (exact) mass is 237 g/mol. The van der Waals surface area contributed by atoms with Crippen molar-refractivity contribution < 1.29 is 0 Å². The molecule has 0 aliphatic heterocycles. The first-order valence-electron chi connectivity index (χ1n) is 4.96. The van der Waals surface area contributed by atoms with Gasteiger partial charge in [0.1, 0.15) is 0 Å². The topological polar surface area (TPSA) is 12.9 Å². The van der Waals surface area contributed by atoms with E-state index in [0.717, 1.165) is 17.9 Å². The van der Waals surface area contributed by atoms with E-state index in [1.165, 1.54) is 15.4 Å².